The van der Waals surface area contributed by atoms with Crippen LogP contribution in [0.2, 0.25) is 5.02 Å². The minimum atomic E-state index is 0.508. The highest BCUT2D eigenvalue weighted by Crippen LogP contribution is 2.36. The van der Waals surface area contributed by atoms with Crippen LogP contribution in [0.1, 0.15) is 36.0 Å². The molecule has 2 aliphatic heterocycles. The molecule has 0 bridgehead atoms. The van der Waals surface area contributed by atoms with Crippen molar-refractivity contribution in [1.82, 2.24) is 30.2 Å². The van der Waals surface area contributed by atoms with Gasteiger partial charge in [-0.05, 0) is 37.1 Å². The second-order valence-corrected chi connectivity index (χ2v) is 8.72. The molecule has 3 heterocycles. The average Bonchev–Trinajstić information content (AvgIpc) is 3.33. The fraction of sp³-hybridized carbons (Fsp3) is 0.333. The van der Waals surface area contributed by atoms with Gasteiger partial charge in [0.15, 0.2) is 6.33 Å². The molecule has 0 unspecified atom stereocenters. The lowest BCUT2D eigenvalue weighted by molar-refractivity contribution is 0.0272. The number of aryl methyl sites for hydroxylation is 1. The molecule has 0 aliphatic carbocycles. The fourth-order valence-electron chi connectivity index (χ4n) is 4.30. The number of rotatable bonds is 5. The Morgan fingerprint density at radius 3 is 2.31 bits per heavy atom. The van der Waals surface area contributed by atoms with E-state index in [-0.39, 0.29) is 0 Å². The summed E-state index contributed by atoms with van der Waals surface area (Å²) in [4.78, 5) is 6.74. The third-order valence-corrected chi connectivity index (χ3v) is 6.17. The number of hydrogen-bond donors (Lipinski definition) is 0. The molecular weight excluding hydrogens is 422 g/mol. The fourth-order valence-corrected chi connectivity index (χ4v) is 4.42. The van der Waals surface area contributed by atoms with Crippen LogP contribution >= 0.6 is 11.6 Å². The summed E-state index contributed by atoms with van der Waals surface area (Å²) in [6.07, 6.45) is 5.13. The van der Waals surface area contributed by atoms with Crippen LogP contribution in [-0.2, 0) is 6.54 Å². The Labute approximate surface area is 193 Å². The highest BCUT2D eigenvalue weighted by molar-refractivity contribution is 6.30. The Morgan fingerprint density at radius 2 is 1.62 bits per heavy atom. The number of hydrogen-bond acceptors (Lipinski definition) is 6. The molecule has 7 nitrogen and oxygen atoms in total. The van der Waals surface area contributed by atoms with Gasteiger partial charge in [0, 0.05) is 29.2 Å². The van der Waals surface area contributed by atoms with E-state index in [4.69, 9.17) is 16.6 Å². The summed E-state index contributed by atoms with van der Waals surface area (Å²) < 4.78 is 0. The third-order valence-electron chi connectivity index (χ3n) is 5.92. The SMILES string of the molecule is Cc1ccc(C2=C(c3ccc(Cl)cc3)N(N3CCCCC3)CC(Cn3ncnn3)=N2)cc1. The van der Waals surface area contributed by atoms with Crippen LogP contribution in [0, 0.1) is 6.92 Å². The number of nitrogens with zero attached hydrogens (tertiary/aromatic N) is 7. The van der Waals surface area contributed by atoms with Crippen molar-refractivity contribution in [3.63, 3.8) is 0 Å². The topological polar surface area (TPSA) is 62.4 Å². The lowest BCUT2D eigenvalue weighted by Gasteiger charge is -2.43. The van der Waals surface area contributed by atoms with Gasteiger partial charge in [0.25, 0.3) is 0 Å². The van der Waals surface area contributed by atoms with Gasteiger partial charge in [-0.2, -0.15) is 4.80 Å². The Kier molecular flexibility index (Phi) is 6.01. The molecule has 1 saturated heterocycles. The third kappa shape index (κ3) is 4.45. The zero-order valence-corrected chi connectivity index (χ0v) is 18.9. The van der Waals surface area contributed by atoms with Gasteiger partial charge >= 0.3 is 0 Å². The highest BCUT2D eigenvalue weighted by Gasteiger charge is 2.30. The van der Waals surface area contributed by atoms with Gasteiger partial charge in [-0.3, -0.25) is 10.0 Å². The van der Waals surface area contributed by atoms with Gasteiger partial charge in [-0.25, -0.2) is 5.01 Å². The quantitative estimate of drug-likeness (QED) is 0.583. The summed E-state index contributed by atoms with van der Waals surface area (Å²) in [6.45, 7) is 5.37. The van der Waals surface area contributed by atoms with Crippen molar-refractivity contribution in [2.24, 2.45) is 4.99 Å². The summed E-state index contributed by atoms with van der Waals surface area (Å²) in [5.74, 6) is 0. The maximum atomic E-state index is 6.22. The van der Waals surface area contributed by atoms with E-state index < -0.39 is 0 Å². The second-order valence-electron chi connectivity index (χ2n) is 8.29. The molecule has 0 N–H and O–H groups in total. The molecular formula is C24H26ClN7. The summed E-state index contributed by atoms with van der Waals surface area (Å²) in [5.41, 5.74) is 6.49. The van der Waals surface area contributed by atoms with E-state index in [0.29, 0.717) is 13.1 Å². The predicted octanol–water partition coefficient (Wildman–Crippen LogP) is 4.32. The van der Waals surface area contributed by atoms with Crippen LogP contribution in [0.25, 0.3) is 11.4 Å². The van der Waals surface area contributed by atoms with Crippen molar-refractivity contribution in [1.29, 1.82) is 0 Å². The second kappa shape index (κ2) is 9.22. The lowest BCUT2D eigenvalue weighted by Crippen LogP contribution is -2.48. The minimum Gasteiger partial charge on any atom is -0.297 e. The van der Waals surface area contributed by atoms with Crippen molar-refractivity contribution in [2.75, 3.05) is 19.6 Å². The number of piperidine rings is 1. The van der Waals surface area contributed by atoms with Crippen molar-refractivity contribution >= 4 is 28.7 Å². The van der Waals surface area contributed by atoms with Crippen molar-refractivity contribution in [3.8, 4) is 0 Å². The Hall–Kier alpha value is -3.03. The summed E-state index contributed by atoms with van der Waals surface area (Å²) in [6, 6.07) is 16.6. The zero-order valence-electron chi connectivity index (χ0n) is 18.2. The summed E-state index contributed by atoms with van der Waals surface area (Å²) in [7, 11) is 0. The largest absolute Gasteiger partial charge is 0.297 e. The molecule has 0 radical (unpaired) electrons. The first-order chi connectivity index (χ1) is 15.7. The standard InChI is InChI=1S/C24H26ClN7/c1-18-5-7-19(8-6-18)23-24(20-9-11-21(25)12-10-20)31(30-13-3-2-4-14-30)15-22(28-23)16-32-27-17-26-29-32/h5-12,17H,2-4,13-16H2,1H3. The maximum Gasteiger partial charge on any atom is 0.162 e. The molecule has 3 aromatic rings. The molecule has 0 amide bonds. The van der Waals surface area contributed by atoms with Gasteiger partial charge in [0.05, 0.1) is 23.7 Å². The molecule has 1 fully saturated rings. The molecule has 2 aromatic carbocycles. The zero-order chi connectivity index (χ0) is 21.9. The maximum absolute atomic E-state index is 6.22. The number of aromatic nitrogens is 4. The number of tetrazole rings is 1. The molecule has 32 heavy (non-hydrogen) atoms. The molecule has 8 heteroatoms. The number of halogens is 1. The summed E-state index contributed by atoms with van der Waals surface area (Å²) >= 11 is 6.22. The van der Waals surface area contributed by atoms with Crippen LogP contribution in [0.15, 0.2) is 59.9 Å². The van der Waals surface area contributed by atoms with E-state index in [0.717, 1.165) is 46.3 Å². The van der Waals surface area contributed by atoms with Gasteiger partial charge in [0.2, 0.25) is 0 Å². The first-order valence-electron chi connectivity index (χ1n) is 11.0. The normalized spacial score (nSPS) is 17.6. The average molecular weight is 448 g/mol. The highest BCUT2D eigenvalue weighted by atomic mass is 35.5. The monoisotopic (exact) mass is 447 g/mol. The van der Waals surface area contributed by atoms with Gasteiger partial charge in [-0.1, -0.05) is 60.0 Å². The number of benzene rings is 2. The molecule has 5 rings (SSSR count). The molecule has 0 atom stereocenters. The predicted molar refractivity (Wildman–Crippen MR) is 127 cm³/mol. The van der Waals surface area contributed by atoms with E-state index in [1.54, 1.807) is 4.80 Å². The number of hydrazine groups is 1. The van der Waals surface area contributed by atoms with Crippen molar-refractivity contribution < 1.29 is 0 Å². The first-order valence-corrected chi connectivity index (χ1v) is 11.4. The molecule has 2 aliphatic rings. The van der Waals surface area contributed by atoms with Gasteiger partial charge in [0.1, 0.15) is 6.54 Å². The van der Waals surface area contributed by atoms with Crippen molar-refractivity contribution in [3.05, 3.63) is 76.6 Å². The van der Waals surface area contributed by atoms with E-state index in [1.165, 1.54) is 31.2 Å². The van der Waals surface area contributed by atoms with Gasteiger partial charge < -0.3 is 0 Å². The Bertz CT molecular complexity index is 1110. The molecule has 0 saturated carbocycles. The molecule has 1 aromatic heterocycles. The Morgan fingerprint density at radius 1 is 0.906 bits per heavy atom. The van der Waals surface area contributed by atoms with Crippen LogP contribution in [0.4, 0.5) is 0 Å². The Balaban J connectivity index is 1.66. The van der Waals surface area contributed by atoms with Crippen LogP contribution in [0.3, 0.4) is 0 Å². The van der Waals surface area contributed by atoms with E-state index in [9.17, 15) is 0 Å². The molecule has 0 spiro atoms. The van der Waals surface area contributed by atoms with E-state index in [1.807, 2.05) is 12.1 Å². The smallest absolute Gasteiger partial charge is 0.162 e. The number of aliphatic imine (C=N–C) groups is 1. The van der Waals surface area contributed by atoms with Gasteiger partial charge in [-0.15, -0.1) is 10.2 Å². The van der Waals surface area contributed by atoms with Crippen LogP contribution in [-0.4, -0.2) is 55.6 Å². The lowest BCUT2D eigenvalue weighted by atomic mass is 10.0. The molecule has 164 valence electrons. The minimum absolute atomic E-state index is 0.508. The van der Waals surface area contributed by atoms with E-state index >= 15 is 0 Å². The first kappa shape index (κ1) is 20.8. The summed E-state index contributed by atoms with van der Waals surface area (Å²) in [5, 5.41) is 17.7. The van der Waals surface area contributed by atoms with Crippen molar-refractivity contribution in [2.45, 2.75) is 32.7 Å². The van der Waals surface area contributed by atoms with Crippen LogP contribution in [0.5, 0.6) is 0 Å². The van der Waals surface area contributed by atoms with Crippen LogP contribution < -0.4 is 0 Å². The van der Waals surface area contributed by atoms with E-state index in [2.05, 4.69) is 68.8 Å².